The predicted octanol–water partition coefficient (Wildman–Crippen LogP) is -14.6. The molecule has 0 aliphatic carbocycles. The Hall–Kier alpha value is -1.76. The first-order chi connectivity index (χ1) is 42.1. The maximum Gasteiger partial charge on any atom is 0.321 e. The summed E-state index contributed by atoms with van der Waals surface area (Å²) < 4.78 is 82.1. The molecule has 21 saturated heterocycles. The molecule has 36 atom stereocenters. The number of nitrogens with two attached hydrogens (primary N) is 2. The Kier molecular flexibility index (Phi) is 25.8. The average Bonchev–Trinajstić information content (AvgIpc) is 1.47. The highest BCUT2D eigenvalue weighted by atomic mass is 32.2. The van der Waals surface area contributed by atoms with Gasteiger partial charge in [-0.15, -0.1) is 0 Å². The van der Waals surface area contributed by atoms with Gasteiger partial charge in [-0.2, -0.15) is 23.5 Å². The quantitative estimate of drug-likeness (QED) is 0.0724. The lowest BCUT2D eigenvalue weighted by molar-refractivity contribution is -0.433. The third kappa shape index (κ3) is 15.9. The summed E-state index contributed by atoms with van der Waals surface area (Å²) in [5.74, 6) is -7.05. The standard InChI is InChI=1S/C48H80N2O37S2/c49-11(39(70)71)7-88-9-19-38-25(62)31(68)45(79-19)83-35-16(4-53)75-41(28(65)22(35)59)80-33-14(2-51)74-42(27(64)21(33)58)82-36-18(6-55)78-47(32(69)26(36)63)87-48(10-89-8-12(50)40(72)73)1-13(56)20(57)46(86-48)85-37-17(5-54)77-43(30(67)24(37)61)81-34-15(3-52)76-44(84-38)29(66)23(34)60/h11-38,41-47,51-69H,1-10,49-50H2,(H,70,71)(H,72,73)/t11-,12-,13?,14?,15?,16?,17?,18?,19?,20?,21?,22?,23?,24?,25?,26?,27?,28?,29?,30?,31?,32?,33-,34-,35+,36-,37-,38-,41-,42-,43+,44+,45+,46+,47-,48?/m1/s1. The van der Waals surface area contributed by atoms with Crippen molar-refractivity contribution in [3.05, 3.63) is 0 Å². The van der Waals surface area contributed by atoms with Crippen LogP contribution in [0.5, 0.6) is 0 Å². The van der Waals surface area contributed by atoms with Gasteiger partial charge in [0, 0.05) is 29.4 Å². The highest BCUT2D eigenvalue weighted by Gasteiger charge is 2.60. The van der Waals surface area contributed by atoms with Crippen LogP contribution < -0.4 is 11.5 Å². The lowest BCUT2D eigenvalue weighted by atomic mass is 9.95. The Morgan fingerprint density at radius 2 is 0.607 bits per heavy atom. The molecule has 21 unspecified atom stereocenters. The van der Waals surface area contributed by atoms with Crippen molar-refractivity contribution in [2.75, 3.05) is 56.0 Å². The van der Waals surface area contributed by atoms with Crippen molar-refractivity contribution >= 4 is 35.5 Å². The summed E-state index contributed by atoms with van der Waals surface area (Å²) in [5, 5.41) is 233. The summed E-state index contributed by atoms with van der Waals surface area (Å²) in [6, 6.07) is -3.00. The molecule has 0 aromatic heterocycles. The number of aliphatic carboxylic acids is 2. The monoisotopic (exact) mass is 1340 g/mol. The summed E-state index contributed by atoms with van der Waals surface area (Å²) >= 11 is 1.50. The summed E-state index contributed by atoms with van der Waals surface area (Å²) in [6.07, 6.45) is -69.1. The Morgan fingerprint density at radius 3 is 0.910 bits per heavy atom. The normalized spacial score (nSPS) is 50.1. The minimum Gasteiger partial charge on any atom is -0.480 e. The molecule has 0 spiro atoms. The molecule has 21 heterocycles. The van der Waals surface area contributed by atoms with E-state index in [1.54, 1.807) is 0 Å². The van der Waals surface area contributed by atoms with Crippen molar-refractivity contribution in [3.8, 4) is 0 Å². The average molecular weight is 1340 g/mol. The molecule has 516 valence electrons. The highest BCUT2D eigenvalue weighted by molar-refractivity contribution is 7.99. The van der Waals surface area contributed by atoms with Crippen molar-refractivity contribution in [1.82, 2.24) is 0 Å². The van der Waals surface area contributed by atoms with E-state index in [1.807, 2.05) is 0 Å². The van der Waals surface area contributed by atoms with Crippen LogP contribution in [0.2, 0.25) is 0 Å². The fourth-order valence-corrected chi connectivity index (χ4v) is 13.3. The number of aliphatic hydroxyl groups excluding tert-OH is 19. The Bertz CT molecular complexity index is 2240. The minimum atomic E-state index is -2.45. The lowest BCUT2D eigenvalue weighted by Gasteiger charge is -2.51. The van der Waals surface area contributed by atoms with Gasteiger partial charge in [0.05, 0.1) is 45.2 Å². The van der Waals surface area contributed by atoms with Crippen molar-refractivity contribution in [1.29, 1.82) is 0 Å². The summed E-state index contributed by atoms with van der Waals surface area (Å²) in [7, 11) is 0. The van der Waals surface area contributed by atoms with Gasteiger partial charge >= 0.3 is 11.9 Å². The number of hydrogen-bond acceptors (Lipinski definition) is 39. The smallest absolute Gasteiger partial charge is 0.321 e. The van der Waals surface area contributed by atoms with Crippen LogP contribution in [0.4, 0.5) is 0 Å². The van der Waals surface area contributed by atoms with E-state index in [0.29, 0.717) is 11.8 Å². The third-order valence-electron chi connectivity index (χ3n) is 16.2. The fourth-order valence-electron chi connectivity index (χ4n) is 11.2. The Balaban J connectivity index is 1.13. The number of ether oxygens (including phenoxy) is 14. The van der Waals surface area contributed by atoms with Crippen LogP contribution in [0, 0.1) is 0 Å². The first-order valence-corrected chi connectivity index (χ1v) is 30.3. The molecule has 14 bridgehead atoms. The molecule has 0 saturated carbocycles. The summed E-state index contributed by atoms with van der Waals surface area (Å²) in [6.45, 7) is -5.50. The molecular formula is C48H80N2O37S2. The summed E-state index contributed by atoms with van der Waals surface area (Å²) in [4.78, 5) is 23.3. The zero-order valence-electron chi connectivity index (χ0n) is 46.7. The van der Waals surface area contributed by atoms with Gasteiger partial charge in [-0.3, -0.25) is 9.59 Å². The highest BCUT2D eigenvalue weighted by Crippen LogP contribution is 2.42. The van der Waals surface area contributed by atoms with E-state index in [4.69, 9.17) is 77.8 Å². The number of hydrogen-bond donors (Lipinski definition) is 23. The molecule has 21 aliphatic rings. The van der Waals surface area contributed by atoms with Crippen LogP contribution in [0.1, 0.15) is 6.42 Å². The largest absolute Gasteiger partial charge is 0.480 e. The van der Waals surface area contributed by atoms with E-state index in [9.17, 15) is 117 Å². The molecular weight excluding hydrogens is 1260 g/mol. The van der Waals surface area contributed by atoms with Crippen LogP contribution in [-0.4, -0.2) is 396 Å². The number of carboxylic acid groups (broad SMARTS) is 2. The number of aliphatic hydroxyl groups is 19. The van der Waals surface area contributed by atoms with Gasteiger partial charge in [0.1, 0.15) is 159 Å². The summed E-state index contributed by atoms with van der Waals surface area (Å²) in [5.41, 5.74) is 11.4. The van der Waals surface area contributed by atoms with Crippen LogP contribution in [-0.2, 0) is 75.9 Å². The molecule has 21 fully saturated rings. The number of carbonyl (C=O) groups is 2. The van der Waals surface area contributed by atoms with E-state index in [0.717, 1.165) is 11.8 Å². The molecule has 0 radical (unpaired) electrons. The van der Waals surface area contributed by atoms with Crippen molar-refractivity contribution in [2.45, 2.75) is 227 Å². The number of carboxylic acids is 2. The van der Waals surface area contributed by atoms with Gasteiger partial charge in [-0.05, 0) is 0 Å². The first-order valence-electron chi connectivity index (χ1n) is 28.0. The van der Waals surface area contributed by atoms with Crippen LogP contribution >= 0.6 is 23.5 Å². The maximum absolute atomic E-state index is 11.7. The molecule has 39 nitrogen and oxygen atoms in total. The number of rotatable bonds is 15. The molecule has 21 rings (SSSR count). The van der Waals surface area contributed by atoms with Crippen molar-refractivity contribution in [2.24, 2.45) is 11.5 Å². The SMILES string of the molecule is N[C@H](CSCC1O[C@H]2O[C@H]3C(CO)O[C@H](O[C@@H]4C(CO)O[C@H](O[C@@H]5C(CO)O[C@H](OC6(CSC[C@@H](N)C(=O)O)CC(O)C(O)[C@@H](O[C@@H]7C(CO)O[C@@H](O[C@@H]8C(CO)O[C@@H](O[C@H]1C(O)C2O)C(O)C8O)C(O)C7O)O6)C(O)C5O)C(O)C4O)C(O)C3O)C(=O)O. The van der Waals surface area contributed by atoms with Gasteiger partial charge in [0.25, 0.3) is 0 Å². The lowest BCUT2D eigenvalue weighted by Crippen LogP contribution is -2.69. The zero-order valence-corrected chi connectivity index (χ0v) is 48.3. The Morgan fingerprint density at radius 1 is 0.360 bits per heavy atom. The van der Waals surface area contributed by atoms with Crippen LogP contribution in [0.15, 0.2) is 0 Å². The van der Waals surface area contributed by atoms with Gasteiger partial charge in [0.15, 0.2) is 49.8 Å². The molecule has 0 aromatic rings. The Labute approximate surface area is 511 Å². The fraction of sp³-hybridized carbons (Fsp3) is 0.958. The van der Waals surface area contributed by atoms with E-state index in [1.165, 1.54) is 0 Å². The van der Waals surface area contributed by atoms with Gasteiger partial charge in [-0.25, -0.2) is 0 Å². The second kappa shape index (κ2) is 31.4. The first kappa shape index (κ1) is 73.1. The number of thioether (sulfide) groups is 2. The predicted molar refractivity (Wildman–Crippen MR) is 280 cm³/mol. The van der Waals surface area contributed by atoms with Crippen molar-refractivity contribution in [3.63, 3.8) is 0 Å². The minimum absolute atomic E-state index is 0.320. The maximum atomic E-state index is 11.7. The molecule has 89 heavy (non-hydrogen) atoms. The van der Waals surface area contributed by atoms with E-state index in [2.05, 4.69) is 0 Å². The van der Waals surface area contributed by atoms with Crippen molar-refractivity contribution < 1.29 is 183 Å². The van der Waals surface area contributed by atoms with E-state index >= 15 is 0 Å². The topological polar surface area (TPSA) is 640 Å². The van der Waals surface area contributed by atoms with E-state index in [-0.39, 0.29) is 5.75 Å². The van der Waals surface area contributed by atoms with Crippen LogP contribution in [0.25, 0.3) is 0 Å². The van der Waals surface area contributed by atoms with Gasteiger partial charge in [0.2, 0.25) is 0 Å². The van der Waals surface area contributed by atoms with Gasteiger partial charge in [-0.1, -0.05) is 0 Å². The molecule has 41 heteroatoms. The molecule has 21 aliphatic heterocycles. The second-order valence-corrected chi connectivity index (χ2v) is 24.5. The molecule has 25 N–H and O–H groups in total. The zero-order chi connectivity index (χ0) is 65.2. The van der Waals surface area contributed by atoms with E-state index < -0.39 is 289 Å². The molecule has 0 amide bonds. The second-order valence-electron chi connectivity index (χ2n) is 22.4. The molecule has 0 aromatic carbocycles. The van der Waals surface area contributed by atoms with Crippen LogP contribution in [0.3, 0.4) is 0 Å². The van der Waals surface area contributed by atoms with Gasteiger partial charge < -0.3 is 185 Å². The third-order valence-corrected chi connectivity index (χ3v) is 18.6.